The number of halogens is 1. The minimum absolute atomic E-state index is 0.0319. The van der Waals surface area contributed by atoms with Crippen LogP contribution in [-0.2, 0) is 32.2 Å². The Labute approximate surface area is 128 Å². The smallest absolute Gasteiger partial charge is 0.319 e. The molecule has 0 aliphatic rings. The molecule has 0 spiro atoms. The first-order chi connectivity index (χ1) is 9.92. The molecule has 0 aliphatic carbocycles. The minimum atomic E-state index is -0.436. The van der Waals surface area contributed by atoms with Gasteiger partial charge >= 0.3 is 11.9 Å². The molecule has 0 fully saturated rings. The largest absolute Gasteiger partial charge is 0.468 e. The van der Waals surface area contributed by atoms with Crippen LogP contribution < -0.4 is 0 Å². The number of aryl methyl sites for hydroxylation is 2. The van der Waals surface area contributed by atoms with Gasteiger partial charge in [-0.2, -0.15) is 5.10 Å². The number of carbonyl (C=O) groups excluding carboxylic acids is 2. The topological polar surface area (TPSA) is 73.7 Å². The summed E-state index contributed by atoms with van der Waals surface area (Å²) >= 11 is 6.24. The highest BCUT2D eigenvalue weighted by Crippen LogP contribution is 2.21. The standard InChI is InChI=1S/C13H20ClN3O4/c1-5-17-10(13(14)9(2)15-17)6-16(7-11(18)20-3)8-12(19)21-4/h5-8H2,1-4H3. The lowest BCUT2D eigenvalue weighted by molar-refractivity contribution is -0.145. The van der Waals surface area contributed by atoms with Gasteiger partial charge in [-0.05, 0) is 13.8 Å². The van der Waals surface area contributed by atoms with Crippen LogP contribution in [0.4, 0.5) is 0 Å². The highest BCUT2D eigenvalue weighted by molar-refractivity contribution is 6.31. The lowest BCUT2D eigenvalue weighted by Gasteiger charge is -2.20. The van der Waals surface area contributed by atoms with Gasteiger partial charge in [-0.3, -0.25) is 19.2 Å². The molecule has 0 saturated heterocycles. The van der Waals surface area contributed by atoms with Gasteiger partial charge in [0.15, 0.2) is 0 Å². The molecular formula is C13H20ClN3O4. The van der Waals surface area contributed by atoms with Crippen LogP contribution in [0.25, 0.3) is 0 Å². The molecule has 1 aromatic heterocycles. The second-order valence-electron chi connectivity index (χ2n) is 4.46. The van der Waals surface area contributed by atoms with E-state index in [0.717, 1.165) is 5.69 Å². The highest BCUT2D eigenvalue weighted by atomic mass is 35.5. The van der Waals surface area contributed by atoms with Gasteiger partial charge in [0, 0.05) is 13.1 Å². The number of aromatic nitrogens is 2. The maximum Gasteiger partial charge on any atom is 0.319 e. The highest BCUT2D eigenvalue weighted by Gasteiger charge is 2.20. The third-order valence-corrected chi connectivity index (χ3v) is 3.48. The molecule has 21 heavy (non-hydrogen) atoms. The molecule has 0 atom stereocenters. The zero-order chi connectivity index (χ0) is 16.0. The Morgan fingerprint density at radius 2 is 1.76 bits per heavy atom. The lowest BCUT2D eigenvalue weighted by atomic mass is 10.3. The molecule has 0 N–H and O–H groups in total. The van der Waals surface area contributed by atoms with Gasteiger partial charge in [-0.25, -0.2) is 0 Å². The van der Waals surface area contributed by atoms with Gasteiger partial charge < -0.3 is 9.47 Å². The summed E-state index contributed by atoms with van der Waals surface area (Å²) in [6, 6.07) is 0. The number of ether oxygens (including phenoxy) is 2. The normalized spacial score (nSPS) is 10.8. The summed E-state index contributed by atoms with van der Waals surface area (Å²) in [6.45, 7) is 4.64. The summed E-state index contributed by atoms with van der Waals surface area (Å²) in [5, 5.41) is 4.84. The van der Waals surface area contributed by atoms with Crippen LogP contribution in [-0.4, -0.2) is 53.9 Å². The predicted molar refractivity (Wildman–Crippen MR) is 77.0 cm³/mol. The molecule has 118 valence electrons. The van der Waals surface area contributed by atoms with E-state index in [1.165, 1.54) is 14.2 Å². The maximum atomic E-state index is 11.5. The van der Waals surface area contributed by atoms with Crippen molar-refractivity contribution in [2.45, 2.75) is 26.9 Å². The lowest BCUT2D eigenvalue weighted by Crippen LogP contribution is -2.35. The summed E-state index contributed by atoms with van der Waals surface area (Å²) in [6.07, 6.45) is 0. The summed E-state index contributed by atoms with van der Waals surface area (Å²) in [4.78, 5) is 24.5. The van der Waals surface area contributed by atoms with Crippen molar-refractivity contribution in [2.75, 3.05) is 27.3 Å². The van der Waals surface area contributed by atoms with Crippen LogP contribution in [0.15, 0.2) is 0 Å². The van der Waals surface area contributed by atoms with Crippen molar-refractivity contribution in [1.82, 2.24) is 14.7 Å². The van der Waals surface area contributed by atoms with Crippen molar-refractivity contribution in [3.63, 3.8) is 0 Å². The molecule has 0 unspecified atom stereocenters. The van der Waals surface area contributed by atoms with E-state index >= 15 is 0 Å². The van der Waals surface area contributed by atoms with Crippen molar-refractivity contribution in [1.29, 1.82) is 0 Å². The van der Waals surface area contributed by atoms with Crippen LogP contribution in [0.5, 0.6) is 0 Å². The molecule has 0 saturated carbocycles. The van der Waals surface area contributed by atoms with E-state index < -0.39 is 11.9 Å². The van der Waals surface area contributed by atoms with E-state index in [1.807, 2.05) is 13.8 Å². The third kappa shape index (κ3) is 4.71. The summed E-state index contributed by atoms with van der Waals surface area (Å²) < 4.78 is 11.0. The Morgan fingerprint density at radius 3 is 2.19 bits per heavy atom. The Balaban J connectivity index is 2.94. The number of hydrogen-bond donors (Lipinski definition) is 0. The molecule has 7 nitrogen and oxygen atoms in total. The number of esters is 2. The van der Waals surface area contributed by atoms with E-state index in [-0.39, 0.29) is 13.1 Å². The molecular weight excluding hydrogens is 298 g/mol. The Hall–Kier alpha value is -1.60. The SMILES string of the molecule is CCn1nc(C)c(Cl)c1CN(CC(=O)OC)CC(=O)OC. The van der Waals surface area contributed by atoms with Gasteiger partial charge in [0.05, 0.1) is 43.7 Å². The number of carbonyl (C=O) groups is 2. The molecule has 1 heterocycles. The fourth-order valence-corrected chi connectivity index (χ4v) is 2.09. The maximum absolute atomic E-state index is 11.5. The van der Waals surface area contributed by atoms with Crippen LogP contribution in [0, 0.1) is 6.92 Å². The summed E-state index contributed by atoms with van der Waals surface area (Å²) in [5.41, 5.74) is 1.47. The van der Waals surface area contributed by atoms with Crippen LogP contribution in [0.3, 0.4) is 0 Å². The summed E-state index contributed by atoms with van der Waals surface area (Å²) in [7, 11) is 2.60. The number of hydrogen-bond acceptors (Lipinski definition) is 6. The van der Waals surface area contributed by atoms with Crippen molar-refractivity contribution < 1.29 is 19.1 Å². The number of rotatable bonds is 7. The Kier molecular flexibility index (Phi) is 6.64. The molecule has 1 rings (SSSR count). The Morgan fingerprint density at radius 1 is 1.24 bits per heavy atom. The van der Waals surface area contributed by atoms with E-state index in [0.29, 0.717) is 23.8 Å². The van der Waals surface area contributed by atoms with Gasteiger partial charge in [-0.15, -0.1) is 0 Å². The van der Waals surface area contributed by atoms with Gasteiger partial charge in [-0.1, -0.05) is 11.6 Å². The monoisotopic (exact) mass is 317 g/mol. The molecule has 8 heteroatoms. The first-order valence-electron chi connectivity index (χ1n) is 6.50. The van der Waals surface area contributed by atoms with Crippen molar-refractivity contribution in [3.8, 4) is 0 Å². The zero-order valence-corrected chi connectivity index (χ0v) is 13.4. The van der Waals surface area contributed by atoms with E-state index in [2.05, 4.69) is 14.6 Å². The van der Waals surface area contributed by atoms with Crippen molar-refractivity contribution in [3.05, 3.63) is 16.4 Å². The molecule has 0 amide bonds. The van der Waals surface area contributed by atoms with Gasteiger partial charge in [0.2, 0.25) is 0 Å². The fourth-order valence-electron chi connectivity index (χ4n) is 1.89. The molecule has 0 bridgehead atoms. The minimum Gasteiger partial charge on any atom is -0.468 e. The summed E-state index contributed by atoms with van der Waals surface area (Å²) in [5.74, 6) is -0.872. The average molecular weight is 318 g/mol. The van der Waals surface area contributed by atoms with E-state index in [9.17, 15) is 9.59 Å². The van der Waals surface area contributed by atoms with Crippen LogP contribution in [0.1, 0.15) is 18.3 Å². The molecule has 0 aliphatic heterocycles. The van der Waals surface area contributed by atoms with Crippen molar-refractivity contribution in [2.24, 2.45) is 0 Å². The second kappa shape index (κ2) is 7.99. The zero-order valence-electron chi connectivity index (χ0n) is 12.7. The number of nitrogens with zero attached hydrogens (tertiary/aromatic N) is 3. The quantitative estimate of drug-likeness (QED) is 0.699. The van der Waals surface area contributed by atoms with Crippen LogP contribution >= 0.6 is 11.6 Å². The molecule has 0 aromatic carbocycles. The second-order valence-corrected chi connectivity index (χ2v) is 4.84. The molecule has 0 radical (unpaired) electrons. The first-order valence-corrected chi connectivity index (χ1v) is 6.88. The molecule has 1 aromatic rings. The Bertz CT molecular complexity index is 498. The van der Waals surface area contributed by atoms with E-state index in [1.54, 1.807) is 9.58 Å². The fraction of sp³-hybridized carbons (Fsp3) is 0.615. The van der Waals surface area contributed by atoms with E-state index in [4.69, 9.17) is 11.6 Å². The van der Waals surface area contributed by atoms with Gasteiger partial charge in [0.1, 0.15) is 0 Å². The van der Waals surface area contributed by atoms with Gasteiger partial charge in [0.25, 0.3) is 0 Å². The third-order valence-electron chi connectivity index (χ3n) is 2.99. The van der Waals surface area contributed by atoms with Crippen molar-refractivity contribution >= 4 is 23.5 Å². The average Bonchev–Trinajstić information content (AvgIpc) is 2.74. The first kappa shape index (κ1) is 17.5. The van der Waals surface area contributed by atoms with Crippen LogP contribution in [0.2, 0.25) is 5.02 Å². The predicted octanol–water partition coefficient (Wildman–Crippen LogP) is 1.01. The number of methoxy groups -OCH3 is 2.